The van der Waals surface area contributed by atoms with E-state index in [4.69, 9.17) is 4.74 Å². The van der Waals surface area contributed by atoms with Gasteiger partial charge in [0.2, 0.25) is 15.9 Å². The molecule has 1 saturated heterocycles. The second-order valence-corrected chi connectivity index (χ2v) is 13.0. The maximum Gasteiger partial charge on any atom is 0.251 e. The highest BCUT2D eigenvalue weighted by atomic mass is 79.9. The summed E-state index contributed by atoms with van der Waals surface area (Å²) in [6, 6.07) is 18.9. The normalized spacial score (nSPS) is 13.9. The SMILES string of the molecule is O=C(CSc1nnc(CNC(=O)c2ccc(S(=O)(=O)N3CCOCC3)cc2)n1-c1ccc(Br)cc1)Nc1ccccc1F. The zero-order valence-electron chi connectivity index (χ0n) is 22.6. The van der Waals surface area contributed by atoms with Crippen LogP contribution in [0, 0.1) is 5.82 Å². The highest BCUT2D eigenvalue weighted by Gasteiger charge is 2.26. The Morgan fingerprint density at radius 2 is 1.67 bits per heavy atom. The van der Waals surface area contributed by atoms with Crippen molar-refractivity contribution in [3.63, 3.8) is 0 Å². The van der Waals surface area contributed by atoms with E-state index in [0.29, 0.717) is 29.9 Å². The summed E-state index contributed by atoms with van der Waals surface area (Å²) in [5.41, 5.74) is 1.06. The number of carbonyl (C=O) groups excluding carboxylic acids is 2. The van der Waals surface area contributed by atoms with E-state index >= 15 is 0 Å². The third-order valence-electron chi connectivity index (χ3n) is 6.40. The molecule has 0 saturated carbocycles. The fourth-order valence-corrected chi connectivity index (χ4v) is 6.66. The molecule has 1 aliphatic heterocycles. The van der Waals surface area contributed by atoms with Crippen LogP contribution in [0.3, 0.4) is 0 Å². The Kier molecular flexibility index (Phi) is 9.87. The average Bonchev–Trinajstić information content (AvgIpc) is 3.43. The molecule has 0 bridgehead atoms. The standard InChI is InChI=1S/C28H26BrFN6O5S2/c29-20-7-9-21(10-8-20)36-25(33-34-28(36)42-18-26(37)32-24-4-2-1-3-23(24)30)17-31-27(38)19-5-11-22(12-6-19)43(39,40)35-13-15-41-16-14-35/h1-12H,13-18H2,(H,31,38)(H,32,37). The van der Waals surface area contributed by atoms with Gasteiger partial charge in [0.15, 0.2) is 11.0 Å². The first-order valence-corrected chi connectivity index (χ1v) is 16.3. The van der Waals surface area contributed by atoms with Crippen molar-refractivity contribution in [3.8, 4) is 5.69 Å². The summed E-state index contributed by atoms with van der Waals surface area (Å²) in [4.78, 5) is 25.6. The number of amides is 2. The van der Waals surface area contributed by atoms with Crippen LogP contribution in [0.1, 0.15) is 16.2 Å². The van der Waals surface area contributed by atoms with Gasteiger partial charge >= 0.3 is 0 Å². The zero-order chi connectivity index (χ0) is 30.4. The number of hydrogen-bond donors (Lipinski definition) is 2. The number of rotatable bonds is 10. The van der Waals surface area contributed by atoms with Crippen molar-refractivity contribution >= 4 is 55.2 Å². The molecule has 0 radical (unpaired) electrons. The van der Waals surface area contributed by atoms with Gasteiger partial charge in [-0.1, -0.05) is 39.8 Å². The molecule has 43 heavy (non-hydrogen) atoms. The Hall–Kier alpha value is -3.63. The molecule has 224 valence electrons. The second kappa shape index (κ2) is 13.8. The number of nitrogens with one attached hydrogen (secondary N) is 2. The summed E-state index contributed by atoms with van der Waals surface area (Å²) < 4.78 is 48.9. The van der Waals surface area contributed by atoms with Gasteiger partial charge in [0.05, 0.1) is 36.1 Å². The predicted molar refractivity (Wildman–Crippen MR) is 162 cm³/mol. The van der Waals surface area contributed by atoms with E-state index in [9.17, 15) is 22.4 Å². The smallest absolute Gasteiger partial charge is 0.251 e. The maximum absolute atomic E-state index is 13.9. The molecule has 1 aliphatic rings. The van der Waals surface area contributed by atoms with Gasteiger partial charge in [-0.15, -0.1) is 10.2 Å². The lowest BCUT2D eigenvalue weighted by Gasteiger charge is -2.26. The molecule has 2 heterocycles. The predicted octanol–water partition coefficient (Wildman–Crippen LogP) is 3.85. The average molecular weight is 690 g/mol. The van der Waals surface area contributed by atoms with Crippen LogP contribution in [0.2, 0.25) is 0 Å². The van der Waals surface area contributed by atoms with Crippen LogP contribution in [0.4, 0.5) is 10.1 Å². The lowest BCUT2D eigenvalue weighted by molar-refractivity contribution is -0.113. The number of aromatic nitrogens is 3. The van der Waals surface area contributed by atoms with Crippen molar-refractivity contribution in [1.29, 1.82) is 0 Å². The van der Waals surface area contributed by atoms with Gasteiger partial charge < -0.3 is 15.4 Å². The largest absolute Gasteiger partial charge is 0.379 e. The van der Waals surface area contributed by atoms with Crippen LogP contribution in [-0.4, -0.2) is 71.4 Å². The molecule has 11 nitrogen and oxygen atoms in total. The fraction of sp³-hybridized carbons (Fsp3) is 0.214. The number of ether oxygens (including phenoxy) is 1. The zero-order valence-corrected chi connectivity index (χ0v) is 25.8. The van der Waals surface area contributed by atoms with Gasteiger partial charge in [-0.05, 0) is 60.7 Å². The summed E-state index contributed by atoms with van der Waals surface area (Å²) in [6.45, 7) is 1.23. The number of thioether (sulfide) groups is 1. The lowest BCUT2D eigenvalue weighted by Crippen LogP contribution is -2.40. The molecule has 0 atom stereocenters. The monoisotopic (exact) mass is 688 g/mol. The van der Waals surface area contributed by atoms with Crippen molar-refractivity contribution in [2.45, 2.75) is 16.6 Å². The third kappa shape index (κ3) is 7.48. The van der Waals surface area contributed by atoms with Gasteiger partial charge in [-0.3, -0.25) is 14.2 Å². The highest BCUT2D eigenvalue weighted by molar-refractivity contribution is 9.10. The fourth-order valence-electron chi connectivity index (χ4n) is 4.21. The summed E-state index contributed by atoms with van der Waals surface area (Å²) in [6.07, 6.45) is 0. The molecule has 5 rings (SSSR count). The quantitative estimate of drug-likeness (QED) is 0.240. The van der Waals surface area contributed by atoms with E-state index < -0.39 is 27.7 Å². The number of benzene rings is 3. The molecule has 0 unspecified atom stereocenters. The van der Waals surface area contributed by atoms with Crippen LogP contribution in [0.15, 0.2) is 87.3 Å². The van der Waals surface area contributed by atoms with Gasteiger partial charge in [0, 0.05) is 28.8 Å². The van der Waals surface area contributed by atoms with Crippen molar-refractivity contribution in [2.75, 3.05) is 37.4 Å². The Morgan fingerprint density at radius 3 is 2.37 bits per heavy atom. The van der Waals surface area contributed by atoms with Crippen molar-refractivity contribution in [1.82, 2.24) is 24.4 Å². The number of carbonyl (C=O) groups is 2. The Labute approximate surface area is 260 Å². The Bertz CT molecular complexity index is 1710. The van der Waals surface area contributed by atoms with Crippen molar-refractivity contribution in [2.24, 2.45) is 0 Å². The molecular weight excluding hydrogens is 663 g/mol. The van der Waals surface area contributed by atoms with Crippen molar-refractivity contribution < 1.29 is 27.1 Å². The lowest BCUT2D eigenvalue weighted by atomic mass is 10.2. The molecule has 3 aromatic carbocycles. The molecule has 1 aromatic heterocycles. The summed E-state index contributed by atoms with van der Waals surface area (Å²) >= 11 is 4.52. The number of halogens is 2. The topological polar surface area (TPSA) is 136 Å². The number of sulfonamides is 1. The summed E-state index contributed by atoms with van der Waals surface area (Å²) in [5.74, 6) is -1.05. The number of para-hydroxylation sites is 1. The van der Waals surface area contributed by atoms with E-state index in [1.807, 2.05) is 24.3 Å². The van der Waals surface area contributed by atoms with Crippen molar-refractivity contribution in [3.05, 3.63) is 94.5 Å². The minimum Gasteiger partial charge on any atom is -0.379 e. The van der Waals surface area contributed by atoms with Crippen LogP contribution >= 0.6 is 27.7 Å². The van der Waals surface area contributed by atoms with Crippen LogP contribution < -0.4 is 10.6 Å². The van der Waals surface area contributed by atoms with Crippen LogP contribution in [0.5, 0.6) is 0 Å². The highest BCUT2D eigenvalue weighted by Crippen LogP contribution is 2.24. The minimum absolute atomic E-state index is 0.00227. The Morgan fingerprint density at radius 1 is 0.977 bits per heavy atom. The summed E-state index contributed by atoms with van der Waals surface area (Å²) in [7, 11) is -3.68. The molecule has 0 spiro atoms. The molecule has 15 heteroatoms. The van der Waals surface area contributed by atoms with Gasteiger partial charge in [0.25, 0.3) is 5.91 Å². The van der Waals surface area contributed by atoms with Crippen LogP contribution in [-0.2, 0) is 26.1 Å². The van der Waals surface area contributed by atoms with E-state index in [1.165, 1.54) is 46.8 Å². The number of nitrogens with zero attached hydrogens (tertiary/aromatic N) is 4. The van der Waals surface area contributed by atoms with E-state index in [0.717, 1.165) is 16.2 Å². The van der Waals surface area contributed by atoms with Gasteiger partial charge in [0.1, 0.15) is 5.82 Å². The third-order valence-corrected chi connectivity index (χ3v) is 9.77. The molecule has 2 N–H and O–H groups in total. The number of anilines is 1. The van der Waals surface area contributed by atoms with Crippen LogP contribution in [0.25, 0.3) is 5.69 Å². The Balaban J connectivity index is 1.28. The second-order valence-electron chi connectivity index (χ2n) is 9.25. The molecular formula is C28H26BrFN6O5S2. The molecule has 4 aromatic rings. The first kappa shape index (κ1) is 30.8. The number of hydrogen-bond acceptors (Lipinski definition) is 8. The first-order chi connectivity index (χ1) is 20.7. The van der Waals surface area contributed by atoms with E-state index in [-0.39, 0.29) is 41.5 Å². The van der Waals surface area contributed by atoms with E-state index in [2.05, 4.69) is 36.8 Å². The summed E-state index contributed by atoms with van der Waals surface area (Å²) in [5, 5.41) is 14.2. The molecule has 1 fully saturated rings. The number of morpholine rings is 1. The first-order valence-electron chi connectivity index (χ1n) is 13.1. The van der Waals surface area contributed by atoms with E-state index in [1.54, 1.807) is 10.6 Å². The van der Waals surface area contributed by atoms with Gasteiger partial charge in [-0.25, -0.2) is 12.8 Å². The maximum atomic E-state index is 13.9. The van der Waals surface area contributed by atoms with Gasteiger partial charge in [-0.2, -0.15) is 4.31 Å². The minimum atomic E-state index is -3.68. The molecule has 0 aliphatic carbocycles. The molecule has 2 amide bonds.